The molecule has 0 saturated carbocycles. The molecule has 0 bridgehead atoms. The predicted molar refractivity (Wildman–Crippen MR) is 80.5 cm³/mol. The van der Waals surface area contributed by atoms with Gasteiger partial charge in [0, 0.05) is 12.7 Å². The Balaban J connectivity index is 2.21. The summed E-state index contributed by atoms with van der Waals surface area (Å²) in [6, 6.07) is 9.34. The van der Waals surface area contributed by atoms with Crippen molar-refractivity contribution in [1.29, 1.82) is 0 Å². The molecule has 0 aliphatic heterocycles. The number of aryl methyl sites for hydroxylation is 2. The van der Waals surface area contributed by atoms with E-state index < -0.39 is 11.5 Å². The smallest absolute Gasteiger partial charge is 0.330 e. The van der Waals surface area contributed by atoms with Gasteiger partial charge in [0.15, 0.2) is 0 Å². The van der Waals surface area contributed by atoms with Crippen LogP contribution in [0.4, 0.5) is 0 Å². The second-order valence-electron chi connectivity index (χ2n) is 5.09. The number of carbonyl (C=O) groups is 1. The summed E-state index contributed by atoms with van der Waals surface area (Å²) in [5, 5.41) is 4.23. The SMILES string of the molecule is CCOC(=O)C(N)(CCn1cc(C)cn1)c1ccccc1. The molecule has 21 heavy (non-hydrogen) atoms. The molecule has 1 aromatic heterocycles. The summed E-state index contributed by atoms with van der Waals surface area (Å²) in [5.41, 5.74) is 7.07. The van der Waals surface area contributed by atoms with E-state index >= 15 is 0 Å². The number of hydrogen-bond acceptors (Lipinski definition) is 4. The summed E-state index contributed by atoms with van der Waals surface area (Å²) in [5.74, 6) is -0.403. The van der Waals surface area contributed by atoms with Gasteiger partial charge in [-0.3, -0.25) is 4.68 Å². The quantitative estimate of drug-likeness (QED) is 0.825. The molecule has 2 N–H and O–H groups in total. The molecular formula is C16H21N3O2. The lowest BCUT2D eigenvalue weighted by atomic mass is 9.87. The lowest BCUT2D eigenvalue weighted by Crippen LogP contribution is -2.47. The Morgan fingerprint density at radius 2 is 2.10 bits per heavy atom. The molecule has 0 amide bonds. The average molecular weight is 287 g/mol. The van der Waals surface area contributed by atoms with E-state index in [2.05, 4.69) is 5.10 Å². The van der Waals surface area contributed by atoms with Crippen LogP contribution in [0.3, 0.4) is 0 Å². The standard InChI is InChI=1S/C16H21N3O2/c1-3-21-15(20)16(17,14-7-5-4-6-8-14)9-10-19-12-13(2)11-18-19/h4-8,11-12H,3,9-10,17H2,1-2H3. The zero-order valence-electron chi connectivity index (χ0n) is 12.5. The maximum absolute atomic E-state index is 12.3. The van der Waals surface area contributed by atoms with Crippen LogP contribution in [0.2, 0.25) is 0 Å². The molecule has 112 valence electrons. The number of carbonyl (C=O) groups excluding carboxylic acids is 1. The van der Waals surface area contributed by atoms with Crippen molar-refractivity contribution in [2.24, 2.45) is 5.73 Å². The molecule has 0 saturated heterocycles. The van der Waals surface area contributed by atoms with Crippen LogP contribution in [0, 0.1) is 6.92 Å². The van der Waals surface area contributed by atoms with Gasteiger partial charge in [-0.25, -0.2) is 4.79 Å². The molecule has 2 rings (SSSR count). The topological polar surface area (TPSA) is 70.1 Å². The van der Waals surface area contributed by atoms with Gasteiger partial charge in [-0.05, 0) is 31.4 Å². The zero-order valence-corrected chi connectivity index (χ0v) is 12.5. The monoisotopic (exact) mass is 287 g/mol. The van der Waals surface area contributed by atoms with Crippen LogP contribution in [0.25, 0.3) is 0 Å². The molecule has 1 unspecified atom stereocenters. The van der Waals surface area contributed by atoms with Crippen molar-refractivity contribution in [3.8, 4) is 0 Å². The number of nitrogens with zero attached hydrogens (tertiary/aromatic N) is 2. The average Bonchev–Trinajstić information content (AvgIpc) is 2.91. The van der Waals surface area contributed by atoms with Gasteiger partial charge >= 0.3 is 5.97 Å². The van der Waals surface area contributed by atoms with Gasteiger partial charge in [0.05, 0.1) is 12.8 Å². The Bertz CT molecular complexity index is 595. The summed E-state index contributed by atoms with van der Waals surface area (Å²) in [7, 11) is 0. The maximum Gasteiger partial charge on any atom is 0.330 e. The Kier molecular flexibility index (Phi) is 4.75. The molecule has 1 heterocycles. The van der Waals surface area contributed by atoms with Crippen LogP contribution < -0.4 is 5.73 Å². The van der Waals surface area contributed by atoms with Crippen LogP contribution in [0.5, 0.6) is 0 Å². The second kappa shape index (κ2) is 6.54. The van der Waals surface area contributed by atoms with Crippen LogP contribution in [0.15, 0.2) is 42.7 Å². The van der Waals surface area contributed by atoms with Crippen molar-refractivity contribution in [2.45, 2.75) is 32.4 Å². The molecule has 0 aliphatic rings. The fraction of sp³-hybridized carbons (Fsp3) is 0.375. The highest BCUT2D eigenvalue weighted by molar-refractivity contribution is 5.82. The number of aromatic nitrogens is 2. The van der Waals surface area contributed by atoms with E-state index in [0.717, 1.165) is 11.1 Å². The van der Waals surface area contributed by atoms with Gasteiger partial charge in [-0.1, -0.05) is 30.3 Å². The van der Waals surface area contributed by atoms with E-state index in [1.54, 1.807) is 17.8 Å². The summed E-state index contributed by atoms with van der Waals surface area (Å²) in [6.07, 6.45) is 4.14. The Hall–Kier alpha value is -2.14. The summed E-state index contributed by atoms with van der Waals surface area (Å²) >= 11 is 0. The minimum atomic E-state index is -1.16. The molecule has 0 radical (unpaired) electrons. The predicted octanol–water partition coefficient (Wildman–Crippen LogP) is 2.00. The van der Waals surface area contributed by atoms with E-state index in [9.17, 15) is 4.79 Å². The van der Waals surface area contributed by atoms with Crippen molar-refractivity contribution in [1.82, 2.24) is 9.78 Å². The molecule has 1 aromatic carbocycles. The molecule has 2 aromatic rings. The highest BCUT2D eigenvalue weighted by Crippen LogP contribution is 2.24. The van der Waals surface area contributed by atoms with Gasteiger partial charge in [0.25, 0.3) is 0 Å². The highest BCUT2D eigenvalue weighted by Gasteiger charge is 2.37. The van der Waals surface area contributed by atoms with Gasteiger partial charge in [-0.2, -0.15) is 5.10 Å². The fourth-order valence-electron chi connectivity index (χ4n) is 2.24. The highest BCUT2D eigenvalue weighted by atomic mass is 16.5. The van der Waals surface area contributed by atoms with Gasteiger partial charge in [-0.15, -0.1) is 0 Å². The number of nitrogens with two attached hydrogens (primary N) is 1. The van der Waals surface area contributed by atoms with Crippen molar-refractivity contribution in [2.75, 3.05) is 6.61 Å². The maximum atomic E-state index is 12.3. The molecule has 1 atom stereocenters. The summed E-state index contributed by atoms with van der Waals surface area (Å²) < 4.78 is 6.95. The molecule has 5 heteroatoms. The lowest BCUT2D eigenvalue weighted by Gasteiger charge is -2.27. The number of rotatable bonds is 6. The van der Waals surface area contributed by atoms with Crippen molar-refractivity contribution >= 4 is 5.97 Å². The summed E-state index contributed by atoms with van der Waals surface area (Å²) in [4.78, 5) is 12.3. The van der Waals surface area contributed by atoms with Crippen molar-refractivity contribution in [3.05, 3.63) is 53.9 Å². The van der Waals surface area contributed by atoms with Crippen molar-refractivity contribution in [3.63, 3.8) is 0 Å². The first kappa shape index (κ1) is 15.3. The van der Waals surface area contributed by atoms with E-state index in [4.69, 9.17) is 10.5 Å². The van der Waals surface area contributed by atoms with Crippen molar-refractivity contribution < 1.29 is 9.53 Å². The van der Waals surface area contributed by atoms with Crippen LogP contribution in [-0.4, -0.2) is 22.4 Å². The second-order valence-corrected chi connectivity index (χ2v) is 5.09. The first-order valence-corrected chi connectivity index (χ1v) is 7.07. The zero-order chi connectivity index (χ0) is 15.3. The van der Waals surface area contributed by atoms with E-state index in [-0.39, 0.29) is 0 Å². The number of benzene rings is 1. The van der Waals surface area contributed by atoms with Crippen LogP contribution in [0.1, 0.15) is 24.5 Å². The third-order valence-corrected chi connectivity index (χ3v) is 3.43. The van der Waals surface area contributed by atoms with Gasteiger partial charge in [0.1, 0.15) is 5.54 Å². The molecule has 0 fully saturated rings. The van der Waals surface area contributed by atoms with Crippen LogP contribution in [-0.2, 0) is 21.6 Å². The first-order chi connectivity index (χ1) is 10.1. The number of ether oxygens (including phenoxy) is 1. The minimum Gasteiger partial charge on any atom is -0.464 e. The normalized spacial score (nSPS) is 13.7. The third kappa shape index (κ3) is 3.49. The Morgan fingerprint density at radius 3 is 2.67 bits per heavy atom. The summed E-state index contributed by atoms with van der Waals surface area (Å²) in [6.45, 7) is 4.62. The van der Waals surface area contributed by atoms with Gasteiger partial charge < -0.3 is 10.5 Å². The third-order valence-electron chi connectivity index (χ3n) is 3.43. The Morgan fingerprint density at radius 1 is 1.38 bits per heavy atom. The van der Waals surface area contributed by atoms with E-state index in [0.29, 0.717) is 19.6 Å². The van der Waals surface area contributed by atoms with Gasteiger partial charge in [0.2, 0.25) is 0 Å². The molecule has 0 spiro atoms. The molecule has 5 nitrogen and oxygen atoms in total. The van der Waals surface area contributed by atoms with E-state index in [1.165, 1.54) is 0 Å². The molecular weight excluding hydrogens is 266 g/mol. The first-order valence-electron chi connectivity index (χ1n) is 7.07. The van der Waals surface area contributed by atoms with E-state index in [1.807, 2.05) is 43.5 Å². The fourth-order valence-corrected chi connectivity index (χ4v) is 2.24. The lowest BCUT2D eigenvalue weighted by molar-refractivity contribution is -0.150. The number of hydrogen-bond donors (Lipinski definition) is 1. The number of esters is 1. The largest absolute Gasteiger partial charge is 0.464 e. The minimum absolute atomic E-state index is 0.311. The Labute approximate surface area is 124 Å². The van der Waals surface area contributed by atoms with Crippen LogP contribution >= 0.6 is 0 Å². The molecule has 0 aliphatic carbocycles.